The maximum atomic E-state index is 11.5. The summed E-state index contributed by atoms with van der Waals surface area (Å²) < 4.78 is 10.4. The molecule has 0 amide bonds. The van der Waals surface area contributed by atoms with Gasteiger partial charge in [0.2, 0.25) is 0 Å². The molecule has 0 aliphatic heterocycles. The van der Waals surface area contributed by atoms with Crippen LogP contribution < -0.4 is 0 Å². The molecule has 0 bridgehead atoms. The zero-order valence-electron chi connectivity index (χ0n) is 12.3. The number of benzene rings is 1. The molecule has 19 heavy (non-hydrogen) atoms. The van der Waals surface area contributed by atoms with Gasteiger partial charge in [-0.3, -0.25) is 4.79 Å². The lowest BCUT2D eigenvalue weighted by atomic mass is 10.0. The molecule has 1 rings (SSSR count). The first-order valence-corrected chi connectivity index (χ1v) is 6.81. The number of rotatable bonds is 7. The summed E-state index contributed by atoms with van der Waals surface area (Å²) in [5.41, 5.74) is 2.41. The van der Waals surface area contributed by atoms with E-state index in [0.717, 1.165) is 12.8 Å². The summed E-state index contributed by atoms with van der Waals surface area (Å²) in [5.74, 6) is -0.134. The fourth-order valence-electron chi connectivity index (χ4n) is 1.90. The number of carbonyl (C=O) groups is 1. The SMILES string of the molecule is COC(C)Cc1cccc(CCC(=O)OC(C)C)c1. The summed E-state index contributed by atoms with van der Waals surface area (Å²) in [6.45, 7) is 5.78. The van der Waals surface area contributed by atoms with Gasteiger partial charge in [0.25, 0.3) is 0 Å². The number of methoxy groups -OCH3 is 1. The second kappa shape index (κ2) is 7.95. The van der Waals surface area contributed by atoms with Crippen molar-refractivity contribution in [2.45, 2.75) is 52.2 Å². The summed E-state index contributed by atoms with van der Waals surface area (Å²) in [6.07, 6.45) is 2.21. The Kier molecular flexibility index (Phi) is 6.57. The molecule has 0 heterocycles. The molecule has 3 nitrogen and oxygen atoms in total. The highest BCUT2D eigenvalue weighted by atomic mass is 16.5. The van der Waals surface area contributed by atoms with Crippen molar-refractivity contribution < 1.29 is 14.3 Å². The largest absolute Gasteiger partial charge is 0.463 e. The molecule has 106 valence electrons. The van der Waals surface area contributed by atoms with Gasteiger partial charge in [-0.1, -0.05) is 24.3 Å². The lowest BCUT2D eigenvalue weighted by Crippen LogP contribution is -2.12. The van der Waals surface area contributed by atoms with Crippen LogP contribution in [0.5, 0.6) is 0 Å². The standard InChI is InChI=1S/C16H24O3/c1-12(2)19-16(17)9-8-14-6-5-7-15(11-14)10-13(3)18-4/h5-7,11-13H,8-10H2,1-4H3. The van der Waals surface area contributed by atoms with E-state index in [0.29, 0.717) is 6.42 Å². The van der Waals surface area contributed by atoms with Crippen molar-refractivity contribution in [3.8, 4) is 0 Å². The van der Waals surface area contributed by atoms with Crippen LogP contribution >= 0.6 is 0 Å². The highest BCUT2D eigenvalue weighted by Crippen LogP contribution is 2.11. The number of hydrogen-bond donors (Lipinski definition) is 0. The lowest BCUT2D eigenvalue weighted by Gasteiger charge is -2.11. The average molecular weight is 264 g/mol. The Morgan fingerprint density at radius 1 is 1.21 bits per heavy atom. The zero-order valence-corrected chi connectivity index (χ0v) is 12.3. The van der Waals surface area contributed by atoms with Crippen LogP contribution in [0.2, 0.25) is 0 Å². The minimum absolute atomic E-state index is 0.0404. The Labute approximate surface area is 115 Å². The fourth-order valence-corrected chi connectivity index (χ4v) is 1.90. The molecule has 1 atom stereocenters. The number of aryl methyl sites for hydroxylation is 1. The smallest absolute Gasteiger partial charge is 0.306 e. The summed E-state index contributed by atoms with van der Waals surface area (Å²) in [6, 6.07) is 8.30. The fraction of sp³-hybridized carbons (Fsp3) is 0.562. The van der Waals surface area contributed by atoms with Crippen LogP contribution in [-0.2, 0) is 27.1 Å². The number of ether oxygens (including phenoxy) is 2. The van der Waals surface area contributed by atoms with Crippen LogP contribution in [0.3, 0.4) is 0 Å². The lowest BCUT2D eigenvalue weighted by molar-refractivity contribution is -0.147. The summed E-state index contributed by atoms with van der Waals surface area (Å²) in [4.78, 5) is 11.5. The van der Waals surface area contributed by atoms with E-state index in [1.54, 1.807) is 7.11 Å². The molecule has 1 aromatic rings. The molecule has 0 saturated carbocycles. The molecule has 0 radical (unpaired) electrons. The van der Waals surface area contributed by atoms with Gasteiger partial charge in [-0.2, -0.15) is 0 Å². The summed E-state index contributed by atoms with van der Waals surface area (Å²) in [7, 11) is 1.72. The van der Waals surface area contributed by atoms with E-state index in [9.17, 15) is 4.79 Å². The van der Waals surface area contributed by atoms with E-state index in [2.05, 4.69) is 12.1 Å². The predicted molar refractivity (Wildman–Crippen MR) is 76.2 cm³/mol. The van der Waals surface area contributed by atoms with Crippen molar-refractivity contribution in [3.63, 3.8) is 0 Å². The molecule has 0 aromatic heterocycles. The van der Waals surface area contributed by atoms with Gasteiger partial charge in [0.15, 0.2) is 0 Å². The molecular formula is C16H24O3. The van der Waals surface area contributed by atoms with Gasteiger partial charge in [0, 0.05) is 13.5 Å². The van der Waals surface area contributed by atoms with Gasteiger partial charge in [-0.15, -0.1) is 0 Å². The highest BCUT2D eigenvalue weighted by molar-refractivity contribution is 5.69. The minimum Gasteiger partial charge on any atom is -0.463 e. The van der Waals surface area contributed by atoms with Crippen molar-refractivity contribution in [2.24, 2.45) is 0 Å². The van der Waals surface area contributed by atoms with Crippen LogP contribution in [0.25, 0.3) is 0 Å². The first-order valence-electron chi connectivity index (χ1n) is 6.81. The molecular weight excluding hydrogens is 240 g/mol. The minimum atomic E-state index is -0.134. The monoisotopic (exact) mass is 264 g/mol. The van der Waals surface area contributed by atoms with Gasteiger partial charge in [-0.25, -0.2) is 0 Å². The topological polar surface area (TPSA) is 35.5 Å². The van der Waals surface area contributed by atoms with Crippen molar-refractivity contribution in [3.05, 3.63) is 35.4 Å². The van der Waals surface area contributed by atoms with Gasteiger partial charge in [0.05, 0.1) is 12.2 Å². The summed E-state index contributed by atoms with van der Waals surface area (Å²) in [5, 5.41) is 0. The van der Waals surface area contributed by atoms with Crippen molar-refractivity contribution >= 4 is 5.97 Å². The van der Waals surface area contributed by atoms with Crippen LogP contribution in [0, 0.1) is 0 Å². The van der Waals surface area contributed by atoms with Gasteiger partial charge in [-0.05, 0) is 44.7 Å². The van der Waals surface area contributed by atoms with E-state index in [1.807, 2.05) is 32.9 Å². The number of esters is 1. The number of hydrogen-bond acceptors (Lipinski definition) is 3. The normalized spacial score (nSPS) is 12.5. The third-order valence-electron chi connectivity index (χ3n) is 2.90. The maximum absolute atomic E-state index is 11.5. The maximum Gasteiger partial charge on any atom is 0.306 e. The summed E-state index contributed by atoms with van der Waals surface area (Å²) >= 11 is 0. The molecule has 0 saturated heterocycles. The molecule has 0 spiro atoms. The van der Waals surface area contributed by atoms with Crippen LogP contribution in [0.15, 0.2) is 24.3 Å². The Morgan fingerprint density at radius 3 is 2.53 bits per heavy atom. The van der Waals surface area contributed by atoms with Crippen molar-refractivity contribution in [1.82, 2.24) is 0 Å². The van der Waals surface area contributed by atoms with E-state index < -0.39 is 0 Å². The van der Waals surface area contributed by atoms with E-state index in [4.69, 9.17) is 9.47 Å². The van der Waals surface area contributed by atoms with E-state index in [-0.39, 0.29) is 18.2 Å². The first-order chi connectivity index (χ1) is 9.01. The quantitative estimate of drug-likeness (QED) is 0.710. The Hall–Kier alpha value is -1.35. The molecule has 1 unspecified atom stereocenters. The van der Waals surface area contributed by atoms with E-state index in [1.165, 1.54) is 11.1 Å². The number of carbonyl (C=O) groups excluding carboxylic acids is 1. The zero-order chi connectivity index (χ0) is 14.3. The van der Waals surface area contributed by atoms with Gasteiger partial charge in [0.1, 0.15) is 0 Å². The molecule has 3 heteroatoms. The highest BCUT2D eigenvalue weighted by Gasteiger charge is 2.07. The first kappa shape index (κ1) is 15.7. The third-order valence-corrected chi connectivity index (χ3v) is 2.90. The van der Waals surface area contributed by atoms with Crippen LogP contribution in [0.4, 0.5) is 0 Å². The molecule has 0 N–H and O–H groups in total. The molecule has 0 fully saturated rings. The van der Waals surface area contributed by atoms with Gasteiger partial charge >= 0.3 is 5.97 Å². The molecule has 0 aliphatic carbocycles. The Balaban J connectivity index is 2.50. The van der Waals surface area contributed by atoms with Crippen LogP contribution in [0.1, 0.15) is 38.3 Å². The van der Waals surface area contributed by atoms with Crippen molar-refractivity contribution in [1.29, 1.82) is 0 Å². The van der Waals surface area contributed by atoms with Crippen LogP contribution in [-0.4, -0.2) is 25.3 Å². The third kappa shape index (κ3) is 6.39. The van der Waals surface area contributed by atoms with Crippen molar-refractivity contribution in [2.75, 3.05) is 7.11 Å². The second-order valence-corrected chi connectivity index (χ2v) is 5.11. The van der Waals surface area contributed by atoms with E-state index >= 15 is 0 Å². The molecule has 0 aliphatic rings. The Morgan fingerprint density at radius 2 is 1.89 bits per heavy atom. The van der Waals surface area contributed by atoms with Gasteiger partial charge < -0.3 is 9.47 Å². The Bertz CT molecular complexity index is 399. The predicted octanol–water partition coefficient (Wildman–Crippen LogP) is 3.15. The molecule has 1 aromatic carbocycles. The second-order valence-electron chi connectivity index (χ2n) is 5.11. The average Bonchev–Trinajstić information content (AvgIpc) is 2.36.